The van der Waals surface area contributed by atoms with E-state index in [1.54, 1.807) is 0 Å². The van der Waals surface area contributed by atoms with Crippen molar-refractivity contribution in [1.82, 2.24) is 0 Å². The highest BCUT2D eigenvalue weighted by atomic mass is 19.2. The van der Waals surface area contributed by atoms with Crippen molar-refractivity contribution >= 4 is 19.1 Å². The Balaban J connectivity index is 2.52. The Morgan fingerprint density at radius 2 is 1.36 bits per heavy atom. The van der Waals surface area contributed by atoms with Gasteiger partial charge in [-0.1, -0.05) is 25.3 Å². The number of rotatable bonds is 2. The molecule has 22 heavy (non-hydrogen) atoms. The van der Waals surface area contributed by atoms with Crippen LogP contribution in [0.2, 0.25) is 0 Å². The molecule has 2 aromatic carbocycles. The number of carbonyl (C=O) groups is 1. The molecule has 0 saturated heterocycles. The summed E-state index contributed by atoms with van der Waals surface area (Å²) in [5, 5.41) is 0.512. The molecule has 0 heterocycles. The molecule has 0 bridgehead atoms. The minimum atomic E-state index is -2.34. The second kappa shape index (κ2) is 5.59. The van der Waals surface area contributed by atoms with E-state index in [1.807, 2.05) is 0 Å². The third kappa shape index (κ3) is 2.57. The number of benzene rings is 2. The number of halogens is 5. The SMILES string of the molecule is C=c1ccc(=C)c(C(=O)Oc2c(F)c(F)c(F)c(F)c2F)c1. The van der Waals surface area contributed by atoms with Crippen LogP contribution in [-0.4, -0.2) is 5.97 Å². The molecule has 0 radical (unpaired) electrons. The lowest BCUT2D eigenvalue weighted by atomic mass is 10.1. The Labute approximate surface area is 120 Å². The fourth-order valence-electron chi connectivity index (χ4n) is 1.64. The molecular formula is C15H7F5O2. The number of ether oxygens (including phenoxy) is 1. The maximum atomic E-state index is 13.4. The predicted molar refractivity (Wildman–Crippen MR) is 67.9 cm³/mol. The smallest absolute Gasteiger partial charge is 0.344 e. The Bertz CT molecular complexity index is 847. The Morgan fingerprint density at radius 3 is 1.91 bits per heavy atom. The van der Waals surface area contributed by atoms with Crippen LogP contribution in [0.15, 0.2) is 18.2 Å². The van der Waals surface area contributed by atoms with Crippen LogP contribution in [0.25, 0.3) is 13.2 Å². The second-order valence-corrected chi connectivity index (χ2v) is 4.28. The van der Waals surface area contributed by atoms with Crippen molar-refractivity contribution in [3.63, 3.8) is 0 Å². The van der Waals surface area contributed by atoms with Crippen LogP contribution < -0.4 is 15.2 Å². The molecule has 114 valence electrons. The van der Waals surface area contributed by atoms with Gasteiger partial charge in [0.1, 0.15) is 0 Å². The van der Waals surface area contributed by atoms with Crippen LogP contribution in [0, 0.1) is 29.1 Å². The van der Waals surface area contributed by atoms with Crippen LogP contribution in [-0.2, 0) is 0 Å². The van der Waals surface area contributed by atoms with Gasteiger partial charge < -0.3 is 4.74 Å². The number of hydrogen-bond donors (Lipinski definition) is 0. The summed E-state index contributed by atoms with van der Waals surface area (Å²) in [5.74, 6) is -14.2. The average Bonchev–Trinajstić information content (AvgIpc) is 2.49. The highest BCUT2D eigenvalue weighted by Gasteiger charge is 2.28. The first-order valence-corrected chi connectivity index (χ1v) is 5.75. The molecule has 2 nitrogen and oxygen atoms in total. The minimum absolute atomic E-state index is 0.140. The number of carbonyl (C=O) groups excluding carboxylic acids is 1. The molecule has 0 aliphatic heterocycles. The van der Waals surface area contributed by atoms with Crippen molar-refractivity contribution in [3.05, 3.63) is 63.3 Å². The first-order chi connectivity index (χ1) is 10.2. The van der Waals surface area contributed by atoms with Gasteiger partial charge in [-0.05, 0) is 16.5 Å². The van der Waals surface area contributed by atoms with Gasteiger partial charge in [-0.25, -0.2) is 18.0 Å². The van der Waals surface area contributed by atoms with Crippen molar-refractivity contribution < 1.29 is 31.5 Å². The molecule has 0 fully saturated rings. The van der Waals surface area contributed by atoms with Gasteiger partial charge in [0.15, 0.2) is 0 Å². The van der Waals surface area contributed by atoms with Crippen LogP contribution in [0.3, 0.4) is 0 Å². The molecule has 0 aliphatic rings. The molecule has 7 heteroatoms. The van der Waals surface area contributed by atoms with E-state index < -0.39 is 40.8 Å². The van der Waals surface area contributed by atoms with Gasteiger partial charge in [0.25, 0.3) is 0 Å². The Hall–Kier alpha value is -2.70. The quantitative estimate of drug-likeness (QED) is 0.280. The molecule has 0 atom stereocenters. The van der Waals surface area contributed by atoms with E-state index in [9.17, 15) is 26.7 Å². The van der Waals surface area contributed by atoms with E-state index >= 15 is 0 Å². The van der Waals surface area contributed by atoms with Crippen LogP contribution in [0.4, 0.5) is 22.0 Å². The molecular weight excluding hydrogens is 307 g/mol. The summed E-state index contributed by atoms with van der Waals surface area (Å²) in [6.45, 7) is 7.03. The van der Waals surface area contributed by atoms with Crippen molar-refractivity contribution in [3.8, 4) is 5.75 Å². The first kappa shape index (κ1) is 15.7. The zero-order chi connectivity index (χ0) is 16.6. The van der Waals surface area contributed by atoms with Gasteiger partial charge in [-0.15, -0.1) is 0 Å². The molecule has 2 rings (SSSR count). The maximum Gasteiger partial charge on any atom is 0.344 e. The molecule has 0 saturated carbocycles. The minimum Gasteiger partial charge on any atom is -0.416 e. The fourth-order valence-corrected chi connectivity index (χ4v) is 1.64. The third-order valence-corrected chi connectivity index (χ3v) is 2.76. The third-order valence-electron chi connectivity index (χ3n) is 2.76. The summed E-state index contributed by atoms with van der Waals surface area (Å²) < 4.78 is 70.1. The van der Waals surface area contributed by atoms with E-state index in [0.29, 0.717) is 5.22 Å². The predicted octanol–water partition coefficient (Wildman–Crippen LogP) is 2.42. The van der Waals surface area contributed by atoms with Crippen molar-refractivity contribution in [2.24, 2.45) is 0 Å². The number of esters is 1. The lowest BCUT2D eigenvalue weighted by Gasteiger charge is -2.09. The van der Waals surface area contributed by atoms with Crippen molar-refractivity contribution in [2.45, 2.75) is 0 Å². The Morgan fingerprint density at radius 1 is 0.864 bits per heavy atom. The number of hydrogen-bond acceptors (Lipinski definition) is 2. The molecule has 0 unspecified atom stereocenters. The van der Waals surface area contributed by atoms with Gasteiger partial charge >= 0.3 is 5.97 Å². The zero-order valence-electron chi connectivity index (χ0n) is 10.9. The second-order valence-electron chi connectivity index (χ2n) is 4.28. The summed E-state index contributed by atoms with van der Waals surface area (Å²) in [6, 6.07) is 4.10. The normalized spacial score (nSPS) is 10.6. The van der Waals surface area contributed by atoms with E-state index in [2.05, 4.69) is 17.9 Å². The summed E-state index contributed by atoms with van der Waals surface area (Å²) in [7, 11) is 0. The molecule has 0 aromatic heterocycles. The summed E-state index contributed by atoms with van der Waals surface area (Å²) in [6.07, 6.45) is 0. The topological polar surface area (TPSA) is 26.3 Å². The largest absolute Gasteiger partial charge is 0.416 e. The summed E-state index contributed by atoms with van der Waals surface area (Å²) in [4.78, 5) is 11.8. The van der Waals surface area contributed by atoms with Gasteiger partial charge in [0.05, 0.1) is 5.56 Å². The van der Waals surface area contributed by atoms with Crippen LogP contribution in [0.1, 0.15) is 10.4 Å². The first-order valence-electron chi connectivity index (χ1n) is 5.75. The van der Waals surface area contributed by atoms with Gasteiger partial charge in [-0.3, -0.25) is 0 Å². The van der Waals surface area contributed by atoms with E-state index in [4.69, 9.17) is 0 Å². The van der Waals surface area contributed by atoms with E-state index in [0.717, 1.165) is 0 Å². The standard InChI is InChI=1S/C15H7F5O2/c1-6-3-4-7(2)8(5-6)15(21)22-14-12(19)10(17)9(16)11(18)13(14)20/h3-5H,1-2H2. The van der Waals surface area contributed by atoms with E-state index in [1.165, 1.54) is 18.2 Å². The lowest BCUT2D eigenvalue weighted by Crippen LogP contribution is -2.22. The maximum absolute atomic E-state index is 13.4. The van der Waals surface area contributed by atoms with Gasteiger partial charge in [-0.2, -0.15) is 8.78 Å². The molecule has 0 aliphatic carbocycles. The molecule has 2 aromatic rings. The lowest BCUT2D eigenvalue weighted by molar-refractivity contribution is 0.0714. The molecule has 0 N–H and O–H groups in total. The average molecular weight is 314 g/mol. The van der Waals surface area contributed by atoms with Gasteiger partial charge in [0, 0.05) is 0 Å². The molecule has 0 amide bonds. The Kier molecular flexibility index (Phi) is 3.99. The zero-order valence-corrected chi connectivity index (χ0v) is 10.9. The summed E-state index contributed by atoms with van der Waals surface area (Å²) >= 11 is 0. The molecule has 0 spiro atoms. The highest BCUT2D eigenvalue weighted by Crippen LogP contribution is 2.29. The highest BCUT2D eigenvalue weighted by molar-refractivity contribution is 5.91. The monoisotopic (exact) mass is 314 g/mol. The van der Waals surface area contributed by atoms with Crippen molar-refractivity contribution in [2.75, 3.05) is 0 Å². The van der Waals surface area contributed by atoms with Crippen LogP contribution >= 0.6 is 0 Å². The fraction of sp³-hybridized carbons (Fsp3) is 0. The van der Waals surface area contributed by atoms with E-state index in [-0.39, 0.29) is 10.8 Å². The van der Waals surface area contributed by atoms with Gasteiger partial charge in [0.2, 0.25) is 34.8 Å². The summed E-state index contributed by atoms with van der Waals surface area (Å²) in [5.41, 5.74) is -0.212. The van der Waals surface area contributed by atoms with Crippen molar-refractivity contribution in [1.29, 1.82) is 0 Å². The van der Waals surface area contributed by atoms with Crippen LogP contribution in [0.5, 0.6) is 5.75 Å².